The number of hydrogen-bond acceptors (Lipinski definition) is 1. The second-order valence-electron chi connectivity index (χ2n) is 5.37. The van der Waals surface area contributed by atoms with E-state index in [2.05, 4.69) is 11.8 Å². The number of anilines is 1. The van der Waals surface area contributed by atoms with E-state index in [1.165, 1.54) is 12.1 Å². The summed E-state index contributed by atoms with van der Waals surface area (Å²) in [7, 11) is 0. The van der Waals surface area contributed by atoms with Gasteiger partial charge in [0.15, 0.2) is 0 Å². The zero-order chi connectivity index (χ0) is 16.2. The number of hydrogen-bond donors (Lipinski definition) is 0. The molecule has 1 atom stereocenters. The van der Waals surface area contributed by atoms with Crippen LogP contribution in [0.2, 0.25) is 0 Å². The van der Waals surface area contributed by atoms with E-state index in [0.29, 0.717) is 12.0 Å². The molecule has 0 aliphatic rings. The molecule has 0 saturated heterocycles. The standard InChI is InChI=1S/C18H20F3N/c1-3-22(17-10-5-4-6-11-17)14(2)12-15-8-7-9-16(13-15)18(19,20)21/h4-11,13-14H,3,12H2,1-2H3. The smallest absolute Gasteiger partial charge is 0.369 e. The van der Waals surface area contributed by atoms with E-state index in [1.807, 2.05) is 37.3 Å². The second-order valence-corrected chi connectivity index (χ2v) is 5.37. The first-order valence-electron chi connectivity index (χ1n) is 7.39. The Labute approximate surface area is 129 Å². The lowest BCUT2D eigenvalue weighted by Gasteiger charge is -2.30. The van der Waals surface area contributed by atoms with Gasteiger partial charge in [-0.15, -0.1) is 0 Å². The molecule has 0 fully saturated rings. The quantitative estimate of drug-likeness (QED) is 0.737. The molecule has 0 saturated carbocycles. The molecule has 0 aromatic heterocycles. The Morgan fingerprint density at radius 1 is 1.00 bits per heavy atom. The van der Waals surface area contributed by atoms with Crippen LogP contribution in [0.15, 0.2) is 54.6 Å². The molecule has 2 aromatic rings. The molecule has 0 N–H and O–H groups in total. The summed E-state index contributed by atoms with van der Waals surface area (Å²) < 4.78 is 38.4. The summed E-state index contributed by atoms with van der Waals surface area (Å²) in [5.74, 6) is 0. The van der Waals surface area contributed by atoms with Crippen molar-refractivity contribution in [1.82, 2.24) is 0 Å². The predicted octanol–water partition coefficient (Wildman–Crippen LogP) is 5.16. The monoisotopic (exact) mass is 307 g/mol. The van der Waals surface area contributed by atoms with E-state index in [9.17, 15) is 13.2 Å². The average molecular weight is 307 g/mol. The lowest BCUT2D eigenvalue weighted by Crippen LogP contribution is -2.34. The molecular weight excluding hydrogens is 287 g/mol. The van der Waals surface area contributed by atoms with Gasteiger partial charge in [0, 0.05) is 18.3 Å². The van der Waals surface area contributed by atoms with Crippen LogP contribution >= 0.6 is 0 Å². The minimum absolute atomic E-state index is 0.121. The first kappa shape index (κ1) is 16.4. The van der Waals surface area contributed by atoms with Crippen molar-refractivity contribution in [2.75, 3.05) is 11.4 Å². The molecule has 0 spiro atoms. The largest absolute Gasteiger partial charge is 0.416 e. The Bertz CT molecular complexity index is 593. The Hall–Kier alpha value is -1.97. The second kappa shape index (κ2) is 6.86. The van der Waals surface area contributed by atoms with Crippen LogP contribution in [0, 0.1) is 0 Å². The Morgan fingerprint density at radius 3 is 2.27 bits per heavy atom. The van der Waals surface area contributed by atoms with Crippen LogP contribution in [-0.4, -0.2) is 12.6 Å². The molecule has 0 bridgehead atoms. The Balaban J connectivity index is 2.16. The van der Waals surface area contributed by atoms with Crippen molar-refractivity contribution in [3.63, 3.8) is 0 Å². The van der Waals surface area contributed by atoms with Gasteiger partial charge in [-0.25, -0.2) is 0 Å². The summed E-state index contributed by atoms with van der Waals surface area (Å²) in [5.41, 5.74) is 1.21. The molecule has 0 heterocycles. The van der Waals surface area contributed by atoms with Gasteiger partial charge in [0.1, 0.15) is 0 Å². The maximum absolute atomic E-state index is 12.8. The van der Waals surface area contributed by atoms with Gasteiger partial charge in [0.2, 0.25) is 0 Å². The third-order valence-corrected chi connectivity index (χ3v) is 3.75. The van der Waals surface area contributed by atoms with E-state index in [-0.39, 0.29) is 6.04 Å². The van der Waals surface area contributed by atoms with Gasteiger partial charge in [-0.2, -0.15) is 13.2 Å². The Kier molecular flexibility index (Phi) is 5.11. The van der Waals surface area contributed by atoms with Crippen LogP contribution in [-0.2, 0) is 12.6 Å². The molecule has 1 nitrogen and oxygen atoms in total. The fourth-order valence-corrected chi connectivity index (χ4v) is 2.69. The van der Waals surface area contributed by atoms with Gasteiger partial charge in [-0.05, 0) is 44.0 Å². The molecule has 2 aromatic carbocycles. The van der Waals surface area contributed by atoms with Gasteiger partial charge in [-0.3, -0.25) is 0 Å². The number of likely N-dealkylation sites (N-methyl/N-ethyl adjacent to an activating group) is 1. The van der Waals surface area contributed by atoms with Gasteiger partial charge < -0.3 is 4.90 Å². The Morgan fingerprint density at radius 2 is 1.68 bits per heavy atom. The molecular formula is C18H20F3N. The number of benzene rings is 2. The van der Waals surface area contributed by atoms with E-state index in [4.69, 9.17) is 0 Å². The van der Waals surface area contributed by atoms with E-state index in [0.717, 1.165) is 18.3 Å². The van der Waals surface area contributed by atoms with Crippen LogP contribution < -0.4 is 4.90 Å². The average Bonchev–Trinajstić information content (AvgIpc) is 2.48. The highest BCUT2D eigenvalue weighted by molar-refractivity contribution is 5.47. The van der Waals surface area contributed by atoms with Crippen molar-refractivity contribution < 1.29 is 13.2 Å². The molecule has 0 aliphatic carbocycles. The summed E-state index contributed by atoms with van der Waals surface area (Å²) in [5, 5.41) is 0. The third-order valence-electron chi connectivity index (χ3n) is 3.75. The SMILES string of the molecule is CCN(c1ccccc1)C(C)Cc1cccc(C(F)(F)F)c1. The van der Waals surface area contributed by atoms with Crippen LogP contribution in [0.5, 0.6) is 0 Å². The van der Waals surface area contributed by atoms with Crippen molar-refractivity contribution in [2.45, 2.75) is 32.5 Å². The number of halogens is 3. The maximum atomic E-state index is 12.8. The molecule has 0 amide bonds. The first-order chi connectivity index (χ1) is 10.4. The van der Waals surface area contributed by atoms with E-state index >= 15 is 0 Å². The molecule has 2 rings (SSSR count). The fourth-order valence-electron chi connectivity index (χ4n) is 2.69. The number of rotatable bonds is 5. The van der Waals surface area contributed by atoms with Crippen molar-refractivity contribution in [2.24, 2.45) is 0 Å². The highest BCUT2D eigenvalue weighted by Crippen LogP contribution is 2.30. The van der Waals surface area contributed by atoms with E-state index in [1.54, 1.807) is 6.07 Å². The van der Waals surface area contributed by atoms with Crippen molar-refractivity contribution in [1.29, 1.82) is 0 Å². The zero-order valence-electron chi connectivity index (χ0n) is 12.8. The highest BCUT2D eigenvalue weighted by Gasteiger charge is 2.30. The fraction of sp³-hybridized carbons (Fsp3) is 0.333. The van der Waals surface area contributed by atoms with Gasteiger partial charge in [-0.1, -0.05) is 36.4 Å². The van der Waals surface area contributed by atoms with Gasteiger partial charge >= 0.3 is 6.18 Å². The van der Waals surface area contributed by atoms with E-state index < -0.39 is 11.7 Å². The lowest BCUT2D eigenvalue weighted by atomic mass is 10.0. The summed E-state index contributed by atoms with van der Waals surface area (Å²) in [6.45, 7) is 4.90. The number of nitrogens with zero attached hydrogens (tertiary/aromatic N) is 1. The predicted molar refractivity (Wildman–Crippen MR) is 84.1 cm³/mol. The summed E-state index contributed by atoms with van der Waals surface area (Å²) >= 11 is 0. The molecule has 118 valence electrons. The van der Waals surface area contributed by atoms with Crippen molar-refractivity contribution >= 4 is 5.69 Å². The van der Waals surface area contributed by atoms with Gasteiger partial charge in [0.05, 0.1) is 5.56 Å². The van der Waals surface area contributed by atoms with Crippen LogP contribution in [0.25, 0.3) is 0 Å². The van der Waals surface area contributed by atoms with Crippen LogP contribution in [0.4, 0.5) is 18.9 Å². The molecule has 0 radical (unpaired) electrons. The van der Waals surface area contributed by atoms with Gasteiger partial charge in [0.25, 0.3) is 0 Å². The highest BCUT2D eigenvalue weighted by atomic mass is 19.4. The lowest BCUT2D eigenvalue weighted by molar-refractivity contribution is -0.137. The summed E-state index contributed by atoms with van der Waals surface area (Å²) in [4.78, 5) is 2.19. The first-order valence-corrected chi connectivity index (χ1v) is 7.39. The summed E-state index contributed by atoms with van der Waals surface area (Å²) in [6.07, 6.45) is -3.71. The minimum Gasteiger partial charge on any atom is -0.369 e. The van der Waals surface area contributed by atoms with Crippen LogP contribution in [0.3, 0.4) is 0 Å². The molecule has 4 heteroatoms. The molecule has 0 aliphatic heterocycles. The number of para-hydroxylation sites is 1. The maximum Gasteiger partial charge on any atom is 0.416 e. The normalized spacial score (nSPS) is 13.0. The topological polar surface area (TPSA) is 3.24 Å². The molecule has 22 heavy (non-hydrogen) atoms. The number of alkyl halides is 3. The summed E-state index contributed by atoms with van der Waals surface area (Å²) in [6, 6.07) is 15.6. The van der Waals surface area contributed by atoms with Crippen molar-refractivity contribution in [3.05, 3.63) is 65.7 Å². The molecule has 1 unspecified atom stereocenters. The third kappa shape index (κ3) is 4.03. The minimum atomic E-state index is -4.29. The zero-order valence-corrected chi connectivity index (χ0v) is 12.8. The van der Waals surface area contributed by atoms with Crippen molar-refractivity contribution in [3.8, 4) is 0 Å². The van der Waals surface area contributed by atoms with Crippen LogP contribution in [0.1, 0.15) is 25.0 Å².